The minimum Gasteiger partial charge on any atom is -0.481 e. The van der Waals surface area contributed by atoms with E-state index in [0.717, 1.165) is 25.9 Å². The molecule has 0 heterocycles. The molecule has 0 fully saturated rings. The molecule has 0 radical (unpaired) electrons. The lowest BCUT2D eigenvalue weighted by molar-refractivity contribution is -0.137. The second-order valence-electron chi connectivity index (χ2n) is 5.64. The quantitative estimate of drug-likeness (QED) is 0.725. The van der Waals surface area contributed by atoms with Crippen LogP contribution in [0.15, 0.2) is 42.5 Å². The van der Waals surface area contributed by atoms with Gasteiger partial charge in [-0.25, -0.2) is 0 Å². The van der Waals surface area contributed by atoms with E-state index in [2.05, 4.69) is 54.7 Å². The van der Waals surface area contributed by atoms with Gasteiger partial charge in [0.25, 0.3) is 0 Å². The number of benzene rings is 2. The Bertz CT molecular complexity index is 589. The average molecular weight is 285 g/mol. The van der Waals surface area contributed by atoms with Crippen LogP contribution in [0.25, 0.3) is 10.8 Å². The number of hydrogen-bond acceptors (Lipinski definition) is 2. The molecule has 1 unspecified atom stereocenters. The Labute approximate surface area is 126 Å². The first kappa shape index (κ1) is 15.5. The molecule has 2 N–H and O–H groups in total. The van der Waals surface area contributed by atoms with Crippen LogP contribution in [0.4, 0.5) is 0 Å². The van der Waals surface area contributed by atoms with Gasteiger partial charge < -0.3 is 10.4 Å². The molecule has 0 aromatic heterocycles. The van der Waals surface area contributed by atoms with Crippen LogP contribution in [0, 0.1) is 5.92 Å². The van der Waals surface area contributed by atoms with Gasteiger partial charge in [0, 0.05) is 13.0 Å². The summed E-state index contributed by atoms with van der Waals surface area (Å²) in [5, 5.41) is 14.7. The van der Waals surface area contributed by atoms with Gasteiger partial charge in [0.05, 0.1) is 0 Å². The smallest absolute Gasteiger partial charge is 0.303 e. The molecule has 2 aromatic carbocycles. The first-order valence-corrected chi connectivity index (χ1v) is 7.56. The monoisotopic (exact) mass is 285 g/mol. The van der Waals surface area contributed by atoms with Crippen molar-refractivity contribution in [1.82, 2.24) is 5.32 Å². The topological polar surface area (TPSA) is 49.3 Å². The van der Waals surface area contributed by atoms with E-state index in [1.165, 1.54) is 16.3 Å². The molecule has 2 aromatic rings. The van der Waals surface area contributed by atoms with Crippen molar-refractivity contribution in [3.8, 4) is 0 Å². The van der Waals surface area contributed by atoms with Crippen LogP contribution in [-0.4, -0.2) is 17.6 Å². The van der Waals surface area contributed by atoms with Gasteiger partial charge in [-0.05, 0) is 41.6 Å². The lowest BCUT2D eigenvalue weighted by Gasteiger charge is -2.12. The summed E-state index contributed by atoms with van der Waals surface area (Å²) in [6.07, 6.45) is 2.04. The molecule has 0 aliphatic carbocycles. The molecular formula is C18H23NO2. The fourth-order valence-electron chi connectivity index (χ4n) is 2.53. The molecule has 0 amide bonds. The number of rotatable bonds is 8. The van der Waals surface area contributed by atoms with Crippen molar-refractivity contribution in [1.29, 1.82) is 0 Å². The third kappa shape index (κ3) is 4.87. The Kier molecular flexibility index (Phi) is 5.76. The van der Waals surface area contributed by atoms with E-state index in [4.69, 9.17) is 5.11 Å². The van der Waals surface area contributed by atoms with E-state index in [0.29, 0.717) is 5.92 Å². The van der Waals surface area contributed by atoms with Gasteiger partial charge in [-0.15, -0.1) is 0 Å². The molecular weight excluding hydrogens is 262 g/mol. The third-order valence-corrected chi connectivity index (χ3v) is 3.86. The maximum Gasteiger partial charge on any atom is 0.303 e. The summed E-state index contributed by atoms with van der Waals surface area (Å²) in [5.41, 5.74) is 1.31. The lowest BCUT2D eigenvalue weighted by atomic mass is 10.0. The summed E-state index contributed by atoms with van der Waals surface area (Å²) < 4.78 is 0. The van der Waals surface area contributed by atoms with Gasteiger partial charge in [0.1, 0.15) is 0 Å². The van der Waals surface area contributed by atoms with Crippen molar-refractivity contribution in [3.63, 3.8) is 0 Å². The van der Waals surface area contributed by atoms with Gasteiger partial charge in [-0.2, -0.15) is 0 Å². The molecule has 0 spiro atoms. The van der Waals surface area contributed by atoms with Gasteiger partial charge in [0.15, 0.2) is 0 Å². The van der Waals surface area contributed by atoms with Gasteiger partial charge in [-0.1, -0.05) is 49.4 Å². The highest BCUT2D eigenvalue weighted by molar-refractivity contribution is 5.85. The maximum atomic E-state index is 10.5. The molecule has 0 saturated heterocycles. The van der Waals surface area contributed by atoms with Crippen LogP contribution in [0.5, 0.6) is 0 Å². The zero-order valence-corrected chi connectivity index (χ0v) is 12.5. The van der Waals surface area contributed by atoms with Gasteiger partial charge in [0.2, 0.25) is 0 Å². The highest BCUT2D eigenvalue weighted by Gasteiger charge is 2.05. The molecule has 3 heteroatoms. The molecule has 2 rings (SSSR count). The summed E-state index contributed by atoms with van der Waals surface area (Å²) in [4.78, 5) is 10.5. The van der Waals surface area contributed by atoms with E-state index in [1.54, 1.807) is 0 Å². The molecule has 21 heavy (non-hydrogen) atoms. The molecule has 0 aliphatic heterocycles. The highest BCUT2D eigenvalue weighted by Crippen LogP contribution is 2.18. The van der Waals surface area contributed by atoms with Crippen LogP contribution >= 0.6 is 0 Å². The largest absolute Gasteiger partial charge is 0.481 e. The molecule has 0 bridgehead atoms. The molecule has 0 aliphatic rings. The van der Waals surface area contributed by atoms with Crippen molar-refractivity contribution in [2.45, 2.75) is 32.7 Å². The van der Waals surface area contributed by atoms with E-state index >= 15 is 0 Å². The van der Waals surface area contributed by atoms with Gasteiger partial charge >= 0.3 is 5.97 Å². The predicted octanol–water partition coefficient (Wildman–Crippen LogP) is 3.82. The van der Waals surface area contributed by atoms with Crippen LogP contribution in [0.2, 0.25) is 0 Å². The number of hydrogen-bond donors (Lipinski definition) is 2. The summed E-state index contributed by atoms with van der Waals surface area (Å²) in [6, 6.07) is 14.8. The van der Waals surface area contributed by atoms with E-state index in [9.17, 15) is 4.79 Å². The molecule has 112 valence electrons. The van der Waals surface area contributed by atoms with Crippen LogP contribution in [0.3, 0.4) is 0 Å². The van der Waals surface area contributed by atoms with Crippen LogP contribution in [0.1, 0.15) is 31.7 Å². The fraction of sp³-hybridized carbons (Fsp3) is 0.389. The Morgan fingerprint density at radius 1 is 1.14 bits per heavy atom. The maximum absolute atomic E-state index is 10.5. The average Bonchev–Trinajstić information content (AvgIpc) is 2.49. The van der Waals surface area contributed by atoms with Crippen molar-refractivity contribution in [2.24, 2.45) is 5.92 Å². The van der Waals surface area contributed by atoms with E-state index < -0.39 is 5.97 Å². The zero-order chi connectivity index (χ0) is 15.1. The fourth-order valence-corrected chi connectivity index (χ4v) is 2.53. The highest BCUT2D eigenvalue weighted by atomic mass is 16.4. The number of carboxylic acid groups (broad SMARTS) is 1. The number of fused-ring (bicyclic) bond motifs is 1. The SMILES string of the molecule is CC(CCNCc1cccc2ccccc12)CCC(=O)O. The standard InChI is InChI=1S/C18H23NO2/c1-14(9-10-18(20)21)11-12-19-13-16-7-4-6-15-5-2-3-8-17(15)16/h2-8,14,19H,9-13H2,1H3,(H,20,21). The normalized spacial score (nSPS) is 12.4. The van der Waals surface area contributed by atoms with Gasteiger partial charge in [-0.3, -0.25) is 4.79 Å². The Morgan fingerprint density at radius 3 is 2.71 bits per heavy atom. The second-order valence-corrected chi connectivity index (χ2v) is 5.64. The van der Waals surface area contributed by atoms with E-state index in [-0.39, 0.29) is 6.42 Å². The summed E-state index contributed by atoms with van der Waals surface area (Å²) >= 11 is 0. The van der Waals surface area contributed by atoms with E-state index in [1.807, 2.05) is 0 Å². The van der Waals surface area contributed by atoms with Crippen LogP contribution in [-0.2, 0) is 11.3 Å². The minimum atomic E-state index is -0.703. The summed E-state index contributed by atoms with van der Waals surface area (Å²) in [7, 11) is 0. The molecule has 1 atom stereocenters. The molecule has 0 saturated carbocycles. The first-order chi connectivity index (χ1) is 10.2. The third-order valence-electron chi connectivity index (χ3n) is 3.86. The number of aliphatic carboxylic acids is 1. The lowest BCUT2D eigenvalue weighted by Crippen LogP contribution is -2.17. The predicted molar refractivity (Wildman–Crippen MR) is 86.3 cm³/mol. The molecule has 3 nitrogen and oxygen atoms in total. The number of carboxylic acids is 1. The minimum absolute atomic E-state index is 0.268. The first-order valence-electron chi connectivity index (χ1n) is 7.56. The second kappa shape index (κ2) is 7.79. The summed E-state index contributed by atoms with van der Waals surface area (Å²) in [6.45, 7) is 3.89. The number of carbonyl (C=O) groups is 1. The van der Waals surface area contributed by atoms with Crippen LogP contribution < -0.4 is 5.32 Å². The van der Waals surface area contributed by atoms with Crippen molar-refractivity contribution < 1.29 is 9.90 Å². The number of nitrogens with one attached hydrogen (secondary N) is 1. The van der Waals surface area contributed by atoms with Crippen molar-refractivity contribution in [3.05, 3.63) is 48.0 Å². The Hall–Kier alpha value is -1.87. The van der Waals surface area contributed by atoms with Crippen molar-refractivity contribution >= 4 is 16.7 Å². The summed E-state index contributed by atoms with van der Waals surface area (Å²) in [5.74, 6) is -0.258. The Morgan fingerprint density at radius 2 is 1.90 bits per heavy atom. The van der Waals surface area contributed by atoms with Crippen molar-refractivity contribution in [2.75, 3.05) is 6.54 Å². The zero-order valence-electron chi connectivity index (χ0n) is 12.5. The Balaban J connectivity index is 1.79.